The number of aliphatic hydroxyl groups excluding tert-OH is 3. The van der Waals surface area contributed by atoms with Crippen molar-refractivity contribution in [1.29, 1.82) is 0 Å². The lowest BCUT2D eigenvalue weighted by atomic mass is 10.0. The van der Waals surface area contributed by atoms with E-state index in [1.54, 1.807) is 0 Å². The van der Waals surface area contributed by atoms with Crippen molar-refractivity contribution in [2.45, 2.75) is 272 Å². The standard InChI is InChI=1S/C16H34O.C14H30O.C12H26O/c1-3-5-7-9-10-11-13-15-16(17)14-12-8-6-4-2;1-3-5-7-9-11-13-14(15)12-10-8-6-4-2;1-3-5-7-8-9-11-12(13)10-6-4-2/h16-17H,3-15H2,1-2H3;14-15H,3-13H2,1-2H3;12-13H,3-11H2,1-2H3. The molecule has 0 rings (SSSR count). The molecule has 0 aliphatic heterocycles. The second-order valence-electron chi connectivity index (χ2n) is 14.1. The van der Waals surface area contributed by atoms with E-state index in [0.29, 0.717) is 0 Å². The van der Waals surface area contributed by atoms with Crippen LogP contribution in [0.1, 0.15) is 253 Å². The molecule has 0 aromatic carbocycles. The first-order chi connectivity index (χ1) is 21.9. The molecule has 3 atom stereocenters. The Morgan fingerprint density at radius 3 is 0.600 bits per heavy atom. The van der Waals surface area contributed by atoms with Crippen molar-refractivity contribution < 1.29 is 15.3 Å². The Balaban J connectivity index is -0.000000593. The summed E-state index contributed by atoms with van der Waals surface area (Å²) >= 11 is 0. The van der Waals surface area contributed by atoms with Gasteiger partial charge in [-0.1, -0.05) is 215 Å². The lowest BCUT2D eigenvalue weighted by molar-refractivity contribution is 0.147. The van der Waals surface area contributed by atoms with Gasteiger partial charge in [-0.05, 0) is 38.5 Å². The van der Waals surface area contributed by atoms with E-state index in [4.69, 9.17) is 0 Å². The van der Waals surface area contributed by atoms with E-state index >= 15 is 0 Å². The third-order valence-corrected chi connectivity index (χ3v) is 9.10. The first kappa shape index (κ1) is 49.3. The molecule has 0 bridgehead atoms. The van der Waals surface area contributed by atoms with Gasteiger partial charge in [0.2, 0.25) is 0 Å². The van der Waals surface area contributed by atoms with Crippen molar-refractivity contribution >= 4 is 0 Å². The van der Waals surface area contributed by atoms with Crippen LogP contribution in [0.3, 0.4) is 0 Å². The van der Waals surface area contributed by atoms with E-state index in [-0.39, 0.29) is 18.3 Å². The summed E-state index contributed by atoms with van der Waals surface area (Å²) in [5, 5.41) is 29.0. The van der Waals surface area contributed by atoms with Crippen LogP contribution in [-0.2, 0) is 0 Å². The Hall–Kier alpha value is -0.120. The van der Waals surface area contributed by atoms with Gasteiger partial charge in [0.05, 0.1) is 18.3 Å². The van der Waals surface area contributed by atoms with Gasteiger partial charge in [-0.25, -0.2) is 0 Å². The zero-order valence-electron chi connectivity index (χ0n) is 32.4. The molecule has 0 amide bonds. The molecule has 0 aromatic rings. The zero-order chi connectivity index (χ0) is 34.1. The maximum absolute atomic E-state index is 9.79. The van der Waals surface area contributed by atoms with Crippen molar-refractivity contribution in [3.05, 3.63) is 0 Å². The maximum atomic E-state index is 9.79. The number of aliphatic hydroxyl groups is 3. The molecule has 3 N–H and O–H groups in total. The molecule has 0 fully saturated rings. The Labute approximate surface area is 286 Å². The Kier molecular flexibility index (Phi) is 50.4. The topological polar surface area (TPSA) is 60.7 Å². The molecule has 0 spiro atoms. The van der Waals surface area contributed by atoms with Crippen LogP contribution in [0.15, 0.2) is 0 Å². The number of hydrogen-bond donors (Lipinski definition) is 3. The van der Waals surface area contributed by atoms with Crippen LogP contribution in [0.4, 0.5) is 0 Å². The van der Waals surface area contributed by atoms with Gasteiger partial charge in [-0.15, -0.1) is 0 Å². The van der Waals surface area contributed by atoms with Crippen molar-refractivity contribution in [3.8, 4) is 0 Å². The molecule has 3 nitrogen and oxygen atoms in total. The fourth-order valence-electron chi connectivity index (χ4n) is 5.79. The van der Waals surface area contributed by atoms with Crippen LogP contribution in [0.25, 0.3) is 0 Å². The van der Waals surface area contributed by atoms with E-state index < -0.39 is 0 Å². The van der Waals surface area contributed by atoms with Gasteiger partial charge in [-0.2, -0.15) is 0 Å². The molecule has 45 heavy (non-hydrogen) atoms. The highest BCUT2D eigenvalue weighted by Crippen LogP contribution is 2.15. The van der Waals surface area contributed by atoms with Crippen LogP contribution in [0.5, 0.6) is 0 Å². The zero-order valence-corrected chi connectivity index (χ0v) is 32.4. The lowest BCUT2D eigenvalue weighted by Gasteiger charge is -2.09. The highest BCUT2D eigenvalue weighted by molar-refractivity contribution is 4.58. The van der Waals surface area contributed by atoms with Crippen molar-refractivity contribution in [3.63, 3.8) is 0 Å². The molecule has 0 saturated heterocycles. The molecule has 0 aliphatic rings. The van der Waals surface area contributed by atoms with Crippen LogP contribution in [-0.4, -0.2) is 33.6 Å². The molecule has 0 aliphatic carbocycles. The Bertz CT molecular complexity index is 469. The first-order valence-electron chi connectivity index (χ1n) is 21.0. The van der Waals surface area contributed by atoms with E-state index in [1.165, 1.54) is 173 Å². The van der Waals surface area contributed by atoms with E-state index in [9.17, 15) is 15.3 Å². The number of rotatable bonds is 33. The van der Waals surface area contributed by atoms with Gasteiger partial charge in [0.25, 0.3) is 0 Å². The summed E-state index contributed by atoms with van der Waals surface area (Å²) in [5.74, 6) is 0. The highest BCUT2D eigenvalue weighted by atomic mass is 16.3. The molecular formula is C42H90O3. The molecule has 3 heteroatoms. The van der Waals surface area contributed by atoms with Gasteiger partial charge in [-0.3, -0.25) is 0 Å². The van der Waals surface area contributed by atoms with E-state index in [0.717, 1.165) is 38.5 Å². The molecule has 3 unspecified atom stereocenters. The normalized spacial score (nSPS) is 13.0. The third kappa shape index (κ3) is 50.9. The predicted octanol–water partition coefficient (Wildman–Crippen LogP) is 14.0. The van der Waals surface area contributed by atoms with E-state index in [1.807, 2.05) is 0 Å². The average molecular weight is 643 g/mol. The summed E-state index contributed by atoms with van der Waals surface area (Å²) in [4.78, 5) is 0. The molecular weight excluding hydrogens is 552 g/mol. The molecule has 0 saturated carbocycles. The fourth-order valence-corrected chi connectivity index (χ4v) is 5.79. The number of hydrogen-bond acceptors (Lipinski definition) is 3. The maximum Gasteiger partial charge on any atom is 0.0540 e. The third-order valence-electron chi connectivity index (χ3n) is 9.10. The predicted molar refractivity (Wildman–Crippen MR) is 204 cm³/mol. The number of unbranched alkanes of at least 4 members (excludes halogenated alkanes) is 21. The Morgan fingerprint density at radius 2 is 0.378 bits per heavy atom. The SMILES string of the molecule is CCCCCCCC(O)CCCC.CCCCCCCC(O)CCCCCC.CCCCCCCCCC(O)CCCCCC. The Morgan fingerprint density at radius 1 is 0.222 bits per heavy atom. The summed E-state index contributed by atoms with van der Waals surface area (Å²) in [5.41, 5.74) is 0. The van der Waals surface area contributed by atoms with Gasteiger partial charge in [0.15, 0.2) is 0 Å². The second-order valence-corrected chi connectivity index (χ2v) is 14.1. The largest absolute Gasteiger partial charge is 0.393 e. The molecule has 0 radical (unpaired) electrons. The van der Waals surface area contributed by atoms with Crippen molar-refractivity contribution in [2.24, 2.45) is 0 Å². The summed E-state index contributed by atoms with van der Waals surface area (Å²) in [6.45, 7) is 13.4. The lowest BCUT2D eigenvalue weighted by Crippen LogP contribution is -2.05. The minimum Gasteiger partial charge on any atom is -0.393 e. The van der Waals surface area contributed by atoms with Crippen LogP contribution in [0, 0.1) is 0 Å². The first-order valence-corrected chi connectivity index (χ1v) is 21.0. The summed E-state index contributed by atoms with van der Waals surface area (Å²) in [7, 11) is 0. The van der Waals surface area contributed by atoms with Gasteiger partial charge in [0.1, 0.15) is 0 Å². The quantitative estimate of drug-likeness (QED) is 0.0624. The minimum atomic E-state index is -0.0263. The average Bonchev–Trinajstić information content (AvgIpc) is 3.04. The van der Waals surface area contributed by atoms with E-state index in [2.05, 4.69) is 41.5 Å². The smallest absolute Gasteiger partial charge is 0.0540 e. The van der Waals surface area contributed by atoms with Crippen LogP contribution in [0.2, 0.25) is 0 Å². The summed E-state index contributed by atoms with van der Waals surface area (Å²) < 4.78 is 0. The summed E-state index contributed by atoms with van der Waals surface area (Å²) in [6.07, 6.45) is 41.1. The second kappa shape index (κ2) is 46.0. The highest BCUT2D eigenvalue weighted by Gasteiger charge is 2.04. The molecule has 276 valence electrons. The molecule has 0 heterocycles. The van der Waals surface area contributed by atoms with Gasteiger partial charge in [0, 0.05) is 0 Å². The monoisotopic (exact) mass is 643 g/mol. The fraction of sp³-hybridized carbons (Fsp3) is 1.00. The van der Waals surface area contributed by atoms with Crippen LogP contribution < -0.4 is 0 Å². The van der Waals surface area contributed by atoms with Crippen molar-refractivity contribution in [2.75, 3.05) is 0 Å². The summed E-state index contributed by atoms with van der Waals surface area (Å²) in [6, 6.07) is 0. The van der Waals surface area contributed by atoms with Crippen molar-refractivity contribution in [1.82, 2.24) is 0 Å². The van der Waals surface area contributed by atoms with Gasteiger partial charge >= 0.3 is 0 Å². The molecule has 0 aromatic heterocycles. The minimum absolute atomic E-state index is 0.0246. The van der Waals surface area contributed by atoms with Crippen LogP contribution >= 0.6 is 0 Å². The van der Waals surface area contributed by atoms with Gasteiger partial charge < -0.3 is 15.3 Å².